The van der Waals surface area contributed by atoms with Crippen molar-refractivity contribution < 1.29 is 4.79 Å². The summed E-state index contributed by atoms with van der Waals surface area (Å²) in [5, 5.41) is 8.05. The maximum Gasteiger partial charge on any atom is 0.257 e. The van der Waals surface area contributed by atoms with Gasteiger partial charge in [0, 0.05) is 24.8 Å². The zero-order valence-electron chi connectivity index (χ0n) is 17.8. The average molecular weight is 425 g/mol. The number of carbonyl (C=O) groups is 1. The summed E-state index contributed by atoms with van der Waals surface area (Å²) in [7, 11) is 1.96. The van der Waals surface area contributed by atoms with E-state index in [9.17, 15) is 4.79 Å². The molecule has 1 aromatic heterocycles. The Morgan fingerprint density at radius 1 is 1.13 bits per heavy atom. The number of aromatic nitrogens is 2. The Bertz CT molecular complexity index is 1020. The average Bonchev–Trinajstić information content (AvgIpc) is 3.38. The molecule has 1 unspecified atom stereocenters. The maximum absolute atomic E-state index is 13.4. The molecule has 2 aromatic carbocycles. The topological polar surface area (TPSA) is 50.2 Å². The fraction of sp³-hybridized carbons (Fsp3) is 0.333. The minimum Gasteiger partial charge on any atom is -0.338 e. The molecule has 158 valence electrons. The highest BCUT2D eigenvalue weighted by atomic mass is 35.5. The van der Waals surface area contributed by atoms with Crippen LogP contribution >= 0.6 is 12.4 Å². The van der Waals surface area contributed by atoms with E-state index in [4.69, 9.17) is 5.10 Å². The van der Waals surface area contributed by atoms with Gasteiger partial charge in [0.05, 0.1) is 11.3 Å². The second kappa shape index (κ2) is 9.45. The van der Waals surface area contributed by atoms with Gasteiger partial charge in [-0.2, -0.15) is 5.10 Å². The Kier molecular flexibility index (Phi) is 6.95. The number of amides is 1. The van der Waals surface area contributed by atoms with Gasteiger partial charge >= 0.3 is 0 Å². The van der Waals surface area contributed by atoms with Gasteiger partial charge in [-0.3, -0.25) is 4.79 Å². The van der Waals surface area contributed by atoms with E-state index in [0.29, 0.717) is 11.5 Å². The molecule has 6 heteroatoms. The standard InChI is InChI=1S/C24H28N4O.ClH/c1-17-9-10-20(13-18(17)2)23-22(16-28(26-23)21-7-5-4-6-8-21)24(29)27-12-11-19(15-27)14-25-3;/h4-10,13,16,19,25H,11-12,14-15H2,1-3H3;1H. The van der Waals surface area contributed by atoms with Crippen LogP contribution in [0.4, 0.5) is 0 Å². The van der Waals surface area contributed by atoms with Crippen molar-refractivity contribution in [1.29, 1.82) is 0 Å². The number of benzene rings is 2. The van der Waals surface area contributed by atoms with E-state index in [1.807, 2.05) is 53.2 Å². The molecule has 1 saturated heterocycles. The molecular formula is C24H29ClN4O. The van der Waals surface area contributed by atoms with E-state index < -0.39 is 0 Å². The largest absolute Gasteiger partial charge is 0.338 e. The molecule has 5 nitrogen and oxygen atoms in total. The highest BCUT2D eigenvalue weighted by Crippen LogP contribution is 2.28. The van der Waals surface area contributed by atoms with Gasteiger partial charge in [0.2, 0.25) is 0 Å². The normalized spacial score (nSPS) is 15.8. The fourth-order valence-corrected chi connectivity index (χ4v) is 3.99. The minimum absolute atomic E-state index is 0. The SMILES string of the molecule is CNCC1CCN(C(=O)c2cn(-c3ccccc3)nc2-c2ccc(C)c(C)c2)C1.Cl. The van der Waals surface area contributed by atoms with E-state index in [2.05, 4.69) is 37.4 Å². The lowest BCUT2D eigenvalue weighted by Crippen LogP contribution is -2.30. The van der Waals surface area contributed by atoms with Crippen molar-refractivity contribution in [3.8, 4) is 16.9 Å². The number of halogens is 1. The molecule has 0 aliphatic carbocycles. The van der Waals surface area contributed by atoms with Gasteiger partial charge < -0.3 is 10.2 Å². The second-order valence-electron chi connectivity index (χ2n) is 7.93. The number of para-hydroxylation sites is 1. The molecule has 4 rings (SSSR count). The summed E-state index contributed by atoms with van der Waals surface area (Å²) in [5.41, 5.74) is 5.79. The number of carbonyl (C=O) groups excluding carboxylic acids is 1. The number of nitrogens with zero attached hydrogens (tertiary/aromatic N) is 3. The molecule has 3 aromatic rings. The number of hydrogen-bond acceptors (Lipinski definition) is 3. The van der Waals surface area contributed by atoms with Crippen molar-refractivity contribution >= 4 is 18.3 Å². The molecule has 1 atom stereocenters. The molecule has 1 aliphatic rings. The Hall–Kier alpha value is -2.63. The zero-order chi connectivity index (χ0) is 20.4. The first kappa shape index (κ1) is 22.1. The van der Waals surface area contributed by atoms with Gasteiger partial charge in [0.25, 0.3) is 5.91 Å². The minimum atomic E-state index is 0. The Labute approximate surface area is 184 Å². The first-order valence-corrected chi connectivity index (χ1v) is 10.2. The van der Waals surface area contributed by atoms with Gasteiger partial charge in [0.1, 0.15) is 5.69 Å². The van der Waals surface area contributed by atoms with Gasteiger partial charge in [-0.25, -0.2) is 4.68 Å². The predicted octanol–water partition coefficient (Wildman–Crippen LogP) is 4.26. The first-order valence-electron chi connectivity index (χ1n) is 10.2. The van der Waals surface area contributed by atoms with Crippen molar-refractivity contribution in [3.05, 3.63) is 71.4 Å². The summed E-state index contributed by atoms with van der Waals surface area (Å²) >= 11 is 0. The number of likely N-dealkylation sites (tertiary alicyclic amines) is 1. The Morgan fingerprint density at radius 3 is 2.60 bits per heavy atom. The third kappa shape index (κ3) is 4.42. The lowest BCUT2D eigenvalue weighted by molar-refractivity contribution is 0.0788. The van der Waals surface area contributed by atoms with Crippen LogP contribution in [0.15, 0.2) is 54.7 Å². The molecule has 30 heavy (non-hydrogen) atoms. The van der Waals surface area contributed by atoms with Crippen molar-refractivity contribution in [2.75, 3.05) is 26.7 Å². The van der Waals surface area contributed by atoms with E-state index in [1.54, 1.807) is 0 Å². The van der Waals surface area contributed by atoms with E-state index in [1.165, 1.54) is 11.1 Å². The van der Waals surface area contributed by atoms with Crippen LogP contribution in [0.25, 0.3) is 16.9 Å². The molecule has 0 bridgehead atoms. The van der Waals surface area contributed by atoms with Crippen LogP contribution in [-0.4, -0.2) is 47.3 Å². The summed E-state index contributed by atoms with van der Waals surface area (Å²) in [4.78, 5) is 15.4. The predicted molar refractivity (Wildman–Crippen MR) is 124 cm³/mol. The molecule has 1 fully saturated rings. The van der Waals surface area contributed by atoms with Crippen molar-refractivity contribution in [2.45, 2.75) is 20.3 Å². The summed E-state index contributed by atoms with van der Waals surface area (Å²) < 4.78 is 1.82. The highest BCUT2D eigenvalue weighted by molar-refractivity contribution is 6.00. The summed E-state index contributed by atoms with van der Waals surface area (Å²) in [6.45, 7) is 6.73. The third-order valence-electron chi connectivity index (χ3n) is 5.81. The Balaban J connectivity index is 0.00000256. The van der Waals surface area contributed by atoms with E-state index in [-0.39, 0.29) is 18.3 Å². The van der Waals surface area contributed by atoms with Gasteiger partial charge in [0.15, 0.2) is 0 Å². The van der Waals surface area contributed by atoms with Gasteiger partial charge in [-0.15, -0.1) is 12.4 Å². The zero-order valence-corrected chi connectivity index (χ0v) is 18.6. The lowest BCUT2D eigenvalue weighted by atomic mass is 10.0. The quantitative estimate of drug-likeness (QED) is 0.665. The number of aryl methyl sites for hydroxylation is 2. The van der Waals surface area contributed by atoms with Crippen molar-refractivity contribution in [3.63, 3.8) is 0 Å². The van der Waals surface area contributed by atoms with Gasteiger partial charge in [-0.05, 0) is 69.1 Å². The summed E-state index contributed by atoms with van der Waals surface area (Å²) in [6, 6.07) is 16.2. The van der Waals surface area contributed by atoms with E-state index in [0.717, 1.165) is 43.0 Å². The summed E-state index contributed by atoms with van der Waals surface area (Å²) in [6.07, 6.45) is 2.92. The van der Waals surface area contributed by atoms with Crippen LogP contribution in [0.1, 0.15) is 27.9 Å². The van der Waals surface area contributed by atoms with Crippen LogP contribution in [0, 0.1) is 19.8 Å². The van der Waals surface area contributed by atoms with Crippen molar-refractivity contribution in [1.82, 2.24) is 20.0 Å². The van der Waals surface area contributed by atoms with Crippen LogP contribution in [-0.2, 0) is 0 Å². The summed E-state index contributed by atoms with van der Waals surface area (Å²) in [5.74, 6) is 0.581. The van der Waals surface area contributed by atoms with E-state index >= 15 is 0 Å². The van der Waals surface area contributed by atoms with Crippen molar-refractivity contribution in [2.24, 2.45) is 5.92 Å². The number of rotatable bonds is 5. The van der Waals surface area contributed by atoms with Crippen LogP contribution in [0.5, 0.6) is 0 Å². The van der Waals surface area contributed by atoms with Crippen LogP contribution in [0.3, 0.4) is 0 Å². The molecule has 0 radical (unpaired) electrons. The molecule has 0 saturated carbocycles. The molecule has 1 amide bonds. The second-order valence-corrected chi connectivity index (χ2v) is 7.93. The van der Waals surface area contributed by atoms with Crippen LogP contribution < -0.4 is 5.32 Å². The number of hydrogen-bond donors (Lipinski definition) is 1. The Morgan fingerprint density at radius 2 is 1.90 bits per heavy atom. The fourth-order valence-electron chi connectivity index (χ4n) is 3.99. The molecule has 1 aliphatic heterocycles. The lowest BCUT2D eigenvalue weighted by Gasteiger charge is -2.16. The van der Waals surface area contributed by atoms with Crippen LogP contribution in [0.2, 0.25) is 0 Å². The molecular weight excluding hydrogens is 396 g/mol. The molecule has 2 heterocycles. The molecule has 1 N–H and O–H groups in total. The monoisotopic (exact) mass is 424 g/mol. The van der Waals surface area contributed by atoms with Gasteiger partial charge in [-0.1, -0.05) is 30.3 Å². The first-order chi connectivity index (χ1) is 14.1. The highest BCUT2D eigenvalue weighted by Gasteiger charge is 2.29. The maximum atomic E-state index is 13.4. The number of nitrogens with one attached hydrogen (secondary N) is 1. The molecule has 0 spiro atoms. The smallest absolute Gasteiger partial charge is 0.257 e. The third-order valence-corrected chi connectivity index (χ3v) is 5.81.